The summed E-state index contributed by atoms with van der Waals surface area (Å²) in [7, 11) is 0. The van der Waals surface area contributed by atoms with E-state index >= 15 is 0 Å². The van der Waals surface area contributed by atoms with Crippen molar-refractivity contribution in [3.63, 3.8) is 0 Å². The molecule has 0 saturated carbocycles. The van der Waals surface area contributed by atoms with Gasteiger partial charge in [-0.2, -0.15) is 0 Å². The van der Waals surface area contributed by atoms with Crippen LogP contribution in [0, 0.1) is 0 Å². The molecule has 21 heavy (non-hydrogen) atoms. The van der Waals surface area contributed by atoms with Crippen molar-refractivity contribution in [3.05, 3.63) is 63.6 Å². The number of nitrogens with two attached hydrogens (primary N) is 1. The lowest BCUT2D eigenvalue weighted by Gasteiger charge is -2.10. The van der Waals surface area contributed by atoms with Gasteiger partial charge in [-0.15, -0.1) is 0 Å². The van der Waals surface area contributed by atoms with Gasteiger partial charge in [0.05, 0.1) is 0 Å². The zero-order valence-electron chi connectivity index (χ0n) is 12.0. The minimum atomic E-state index is 0.225. The first kappa shape index (κ1) is 16.2. The normalized spacial score (nSPS) is 12.2. The summed E-state index contributed by atoms with van der Waals surface area (Å²) in [6, 6.07) is 13.7. The zero-order valence-corrected chi connectivity index (χ0v) is 13.5. The quantitative estimate of drug-likeness (QED) is 0.824. The van der Waals surface area contributed by atoms with Crippen LogP contribution in [-0.4, -0.2) is 6.04 Å². The van der Waals surface area contributed by atoms with Crippen LogP contribution in [0.2, 0.25) is 10.0 Å². The van der Waals surface area contributed by atoms with Crippen molar-refractivity contribution in [2.24, 2.45) is 5.73 Å². The molecule has 2 N–H and O–H groups in total. The van der Waals surface area contributed by atoms with E-state index in [1.807, 2.05) is 37.3 Å². The molecule has 112 valence electrons. The van der Waals surface area contributed by atoms with Crippen LogP contribution in [0.5, 0.6) is 5.75 Å². The van der Waals surface area contributed by atoms with Crippen LogP contribution >= 0.6 is 23.2 Å². The zero-order chi connectivity index (χ0) is 15.2. The van der Waals surface area contributed by atoms with Gasteiger partial charge in [0.1, 0.15) is 12.4 Å². The van der Waals surface area contributed by atoms with Crippen molar-refractivity contribution in [1.82, 2.24) is 0 Å². The van der Waals surface area contributed by atoms with Gasteiger partial charge in [-0.3, -0.25) is 0 Å². The second kappa shape index (κ2) is 7.69. The smallest absolute Gasteiger partial charge is 0.119 e. The maximum Gasteiger partial charge on any atom is 0.119 e. The summed E-state index contributed by atoms with van der Waals surface area (Å²) in [6.45, 7) is 2.38. The van der Waals surface area contributed by atoms with Crippen molar-refractivity contribution < 1.29 is 4.74 Å². The fraction of sp³-hybridized carbons (Fsp3) is 0.294. The maximum atomic E-state index is 6.12. The number of benzene rings is 2. The summed E-state index contributed by atoms with van der Waals surface area (Å²) in [6.07, 6.45) is 1.96. The van der Waals surface area contributed by atoms with Crippen molar-refractivity contribution >= 4 is 23.2 Å². The molecule has 2 nitrogen and oxygen atoms in total. The molecule has 2 aromatic carbocycles. The van der Waals surface area contributed by atoms with E-state index < -0.39 is 0 Å². The molecule has 0 aliphatic rings. The molecular weight excluding hydrogens is 305 g/mol. The molecule has 1 atom stereocenters. The molecule has 0 aromatic heterocycles. The highest BCUT2D eigenvalue weighted by atomic mass is 35.5. The predicted molar refractivity (Wildman–Crippen MR) is 89.2 cm³/mol. The third-order valence-corrected chi connectivity index (χ3v) is 3.96. The van der Waals surface area contributed by atoms with Gasteiger partial charge in [0.15, 0.2) is 0 Å². The van der Waals surface area contributed by atoms with E-state index in [1.165, 1.54) is 5.56 Å². The Morgan fingerprint density at radius 3 is 2.24 bits per heavy atom. The Morgan fingerprint density at radius 2 is 1.67 bits per heavy atom. The fourth-order valence-corrected chi connectivity index (χ4v) is 2.48. The number of rotatable bonds is 6. The standard InChI is InChI=1S/C17H19Cl2NO/c1-12(20)5-6-13-7-9-14(10-8-13)21-11-15-16(18)3-2-4-17(15)19/h2-4,7-10,12H,5-6,11,20H2,1H3. The van der Waals surface area contributed by atoms with Gasteiger partial charge >= 0.3 is 0 Å². The number of halogens is 2. The van der Waals surface area contributed by atoms with E-state index in [0.29, 0.717) is 16.7 Å². The van der Waals surface area contributed by atoms with Crippen molar-refractivity contribution in [2.75, 3.05) is 0 Å². The third kappa shape index (κ3) is 4.92. The Balaban J connectivity index is 1.95. The molecular formula is C17H19Cl2NO. The Kier molecular flexibility index (Phi) is 5.92. The van der Waals surface area contributed by atoms with Gasteiger partial charge in [0, 0.05) is 21.7 Å². The van der Waals surface area contributed by atoms with E-state index in [9.17, 15) is 0 Å². The predicted octanol–water partition coefficient (Wildman–Crippen LogP) is 4.85. The number of ether oxygens (including phenoxy) is 1. The number of aryl methyl sites for hydroxylation is 1. The van der Waals surface area contributed by atoms with E-state index in [4.69, 9.17) is 33.7 Å². The molecule has 1 unspecified atom stereocenters. The first-order valence-electron chi connectivity index (χ1n) is 6.96. The number of hydrogen-bond donors (Lipinski definition) is 1. The van der Waals surface area contributed by atoms with Crippen LogP contribution in [0.25, 0.3) is 0 Å². The number of hydrogen-bond acceptors (Lipinski definition) is 2. The lowest BCUT2D eigenvalue weighted by Crippen LogP contribution is -2.15. The van der Waals surface area contributed by atoms with Gasteiger partial charge < -0.3 is 10.5 Å². The maximum absolute atomic E-state index is 6.12. The van der Waals surface area contributed by atoms with Crippen LogP contribution < -0.4 is 10.5 Å². The van der Waals surface area contributed by atoms with Gasteiger partial charge in [0.25, 0.3) is 0 Å². The fourth-order valence-electron chi connectivity index (χ4n) is 1.97. The molecule has 0 aliphatic heterocycles. The third-order valence-electron chi connectivity index (χ3n) is 3.26. The summed E-state index contributed by atoms with van der Waals surface area (Å²) >= 11 is 12.2. The van der Waals surface area contributed by atoms with E-state index in [2.05, 4.69) is 12.1 Å². The van der Waals surface area contributed by atoms with Crippen molar-refractivity contribution in [3.8, 4) is 5.75 Å². The minimum Gasteiger partial charge on any atom is -0.489 e. The summed E-state index contributed by atoms with van der Waals surface area (Å²) < 4.78 is 5.74. The largest absolute Gasteiger partial charge is 0.489 e. The Labute approximate surface area is 135 Å². The van der Waals surface area contributed by atoms with Crippen LogP contribution in [0.3, 0.4) is 0 Å². The van der Waals surface area contributed by atoms with E-state index in [1.54, 1.807) is 0 Å². The topological polar surface area (TPSA) is 35.2 Å². The molecule has 2 rings (SSSR count). The minimum absolute atomic E-state index is 0.225. The second-order valence-corrected chi connectivity index (χ2v) is 5.96. The van der Waals surface area contributed by atoms with E-state index in [-0.39, 0.29) is 6.04 Å². The SMILES string of the molecule is CC(N)CCc1ccc(OCc2c(Cl)cccc2Cl)cc1. The van der Waals surface area contributed by atoms with E-state index in [0.717, 1.165) is 24.2 Å². The lowest BCUT2D eigenvalue weighted by molar-refractivity contribution is 0.306. The molecule has 0 bridgehead atoms. The van der Waals surface area contributed by atoms with Gasteiger partial charge in [-0.1, -0.05) is 41.4 Å². The molecule has 0 heterocycles. The second-order valence-electron chi connectivity index (χ2n) is 5.15. The summed E-state index contributed by atoms with van der Waals surface area (Å²) in [5.41, 5.74) is 7.83. The Bertz CT molecular complexity index is 562. The van der Waals surface area contributed by atoms with Crippen LogP contribution in [0.1, 0.15) is 24.5 Å². The van der Waals surface area contributed by atoms with Gasteiger partial charge in [-0.25, -0.2) is 0 Å². The molecule has 0 saturated heterocycles. The Hall–Kier alpha value is -1.22. The van der Waals surface area contributed by atoms with Gasteiger partial charge in [-0.05, 0) is 49.6 Å². The molecule has 0 spiro atoms. The highest BCUT2D eigenvalue weighted by molar-refractivity contribution is 6.35. The van der Waals surface area contributed by atoms with Gasteiger partial charge in [0.2, 0.25) is 0 Å². The monoisotopic (exact) mass is 323 g/mol. The molecule has 0 radical (unpaired) electrons. The highest BCUT2D eigenvalue weighted by Crippen LogP contribution is 2.26. The van der Waals surface area contributed by atoms with Crippen LogP contribution in [-0.2, 0) is 13.0 Å². The van der Waals surface area contributed by atoms with Crippen molar-refractivity contribution in [2.45, 2.75) is 32.4 Å². The first-order chi connectivity index (χ1) is 10.1. The van der Waals surface area contributed by atoms with Crippen LogP contribution in [0.4, 0.5) is 0 Å². The summed E-state index contributed by atoms with van der Waals surface area (Å²) in [5, 5.41) is 1.24. The average Bonchev–Trinajstić information content (AvgIpc) is 2.46. The molecule has 4 heteroatoms. The molecule has 0 fully saturated rings. The summed E-state index contributed by atoms with van der Waals surface area (Å²) in [5.74, 6) is 0.801. The van der Waals surface area contributed by atoms with Crippen LogP contribution in [0.15, 0.2) is 42.5 Å². The first-order valence-corrected chi connectivity index (χ1v) is 7.72. The Morgan fingerprint density at radius 1 is 1.05 bits per heavy atom. The molecule has 0 amide bonds. The summed E-state index contributed by atoms with van der Waals surface area (Å²) in [4.78, 5) is 0. The average molecular weight is 324 g/mol. The highest BCUT2D eigenvalue weighted by Gasteiger charge is 2.06. The molecule has 2 aromatic rings. The lowest BCUT2D eigenvalue weighted by atomic mass is 10.1. The molecule has 0 aliphatic carbocycles. The van der Waals surface area contributed by atoms with Crippen molar-refractivity contribution in [1.29, 1.82) is 0 Å².